The van der Waals surface area contributed by atoms with Crippen molar-refractivity contribution >= 4 is 17.1 Å². The monoisotopic (exact) mass is 254 g/mol. The van der Waals surface area contributed by atoms with Gasteiger partial charge < -0.3 is 14.3 Å². The summed E-state index contributed by atoms with van der Waals surface area (Å²) in [4.78, 5) is 8.65. The van der Waals surface area contributed by atoms with Gasteiger partial charge in [-0.05, 0) is 31.0 Å². The molecule has 0 amide bonds. The van der Waals surface area contributed by atoms with Crippen molar-refractivity contribution in [2.75, 3.05) is 5.32 Å². The van der Waals surface area contributed by atoms with Crippen LogP contribution in [0.2, 0.25) is 0 Å². The molecule has 1 aliphatic heterocycles. The number of benzene rings is 1. The normalized spacial score (nSPS) is 17.8. The van der Waals surface area contributed by atoms with Gasteiger partial charge >= 0.3 is 0 Å². The molecule has 1 unspecified atom stereocenters. The van der Waals surface area contributed by atoms with Crippen molar-refractivity contribution in [1.29, 1.82) is 0 Å². The van der Waals surface area contributed by atoms with E-state index in [1.165, 1.54) is 11.3 Å². The lowest BCUT2D eigenvalue weighted by atomic mass is 10.2. The first-order chi connectivity index (χ1) is 9.29. The highest BCUT2D eigenvalue weighted by atomic mass is 16.4. The fourth-order valence-corrected chi connectivity index (χ4v) is 2.62. The number of rotatable bonds is 2. The van der Waals surface area contributed by atoms with Crippen LogP contribution in [0.15, 0.2) is 35.1 Å². The molecule has 1 N–H and O–H groups in total. The molecule has 3 heterocycles. The lowest BCUT2D eigenvalue weighted by Crippen LogP contribution is -2.07. The molecular weight excluding hydrogens is 240 g/mol. The predicted molar refractivity (Wildman–Crippen MR) is 72.0 cm³/mol. The lowest BCUT2D eigenvalue weighted by molar-refractivity contribution is 0.594. The minimum atomic E-state index is 0.233. The van der Waals surface area contributed by atoms with Crippen molar-refractivity contribution in [3.8, 4) is 0 Å². The van der Waals surface area contributed by atoms with E-state index in [9.17, 15) is 0 Å². The van der Waals surface area contributed by atoms with E-state index in [0.717, 1.165) is 24.1 Å². The first kappa shape index (κ1) is 10.6. The van der Waals surface area contributed by atoms with Crippen LogP contribution in [-0.2, 0) is 6.54 Å². The maximum atomic E-state index is 5.72. The molecule has 2 aromatic heterocycles. The summed E-state index contributed by atoms with van der Waals surface area (Å²) in [5.41, 5.74) is 4.10. The zero-order valence-corrected chi connectivity index (χ0v) is 10.6. The fraction of sp³-hybridized carbons (Fsp3) is 0.286. The Kier molecular flexibility index (Phi) is 2.15. The van der Waals surface area contributed by atoms with E-state index in [0.29, 0.717) is 6.01 Å². The Bertz CT molecular complexity index is 743. The molecule has 5 heteroatoms. The molecule has 1 aliphatic rings. The number of imidazole rings is 1. The Hall–Kier alpha value is -2.30. The minimum absolute atomic E-state index is 0.233. The van der Waals surface area contributed by atoms with Crippen LogP contribution < -0.4 is 5.32 Å². The minimum Gasteiger partial charge on any atom is -0.424 e. The molecule has 1 atom stereocenters. The van der Waals surface area contributed by atoms with Gasteiger partial charge in [-0.15, -0.1) is 0 Å². The first-order valence-corrected chi connectivity index (χ1v) is 6.43. The quantitative estimate of drug-likeness (QED) is 0.764. The molecule has 0 bridgehead atoms. The Balaban J connectivity index is 1.65. The molecule has 0 saturated heterocycles. The molecule has 3 aromatic rings. The van der Waals surface area contributed by atoms with Crippen LogP contribution in [0.4, 0.5) is 6.01 Å². The van der Waals surface area contributed by atoms with Crippen molar-refractivity contribution in [1.82, 2.24) is 14.5 Å². The average Bonchev–Trinajstić information content (AvgIpc) is 3.05. The number of nitrogens with one attached hydrogen (secondary N) is 1. The summed E-state index contributed by atoms with van der Waals surface area (Å²) in [5.74, 6) is 0. The van der Waals surface area contributed by atoms with Crippen LogP contribution in [0.5, 0.6) is 0 Å². The molecule has 19 heavy (non-hydrogen) atoms. The maximum Gasteiger partial charge on any atom is 0.296 e. The summed E-state index contributed by atoms with van der Waals surface area (Å²) < 4.78 is 7.88. The second-order valence-electron chi connectivity index (χ2n) is 4.99. The SMILES string of the molecule is Cc1ccc2oc(NC3CCn4cncc43)nc2c1. The highest BCUT2D eigenvalue weighted by Gasteiger charge is 2.23. The summed E-state index contributed by atoms with van der Waals surface area (Å²) in [5, 5.41) is 3.35. The van der Waals surface area contributed by atoms with Gasteiger partial charge in [0.1, 0.15) is 5.52 Å². The third-order valence-corrected chi connectivity index (χ3v) is 3.60. The van der Waals surface area contributed by atoms with E-state index < -0.39 is 0 Å². The zero-order valence-electron chi connectivity index (χ0n) is 10.6. The van der Waals surface area contributed by atoms with Gasteiger partial charge in [0, 0.05) is 6.54 Å². The number of fused-ring (bicyclic) bond motifs is 2. The van der Waals surface area contributed by atoms with E-state index in [1.807, 2.05) is 30.7 Å². The standard InChI is InChI=1S/C14H14N4O/c1-9-2-3-13-11(6-9)17-14(19-13)16-10-4-5-18-8-15-7-12(10)18/h2-3,6-8,10H,4-5H2,1H3,(H,16,17). The van der Waals surface area contributed by atoms with E-state index in [4.69, 9.17) is 4.42 Å². The van der Waals surface area contributed by atoms with Gasteiger partial charge in [-0.25, -0.2) is 4.98 Å². The summed E-state index contributed by atoms with van der Waals surface area (Å²) in [6.45, 7) is 3.04. The van der Waals surface area contributed by atoms with Crippen molar-refractivity contribution in [2.24, 2.45) is 0 Å². The van der Waals surface area contributed by atoms with Gasteiger partial charge in [0.25, 0.3) is 6.01 Å². The fourth-order valence-electron chi connectivity index (χ4n) is 2.62. The number of aryl methyl sites for hydroxylation is 2. The Morgan fingerprint density at radius 1 is 1.42 bits per heavy atom. The lowest BCUT2D eigenvalue weighted by Gasteiger charge is -2.08. The molecular formula is C14H14N4O. The van der Waals surface area contributed by atoms with Crippen LogP contribution in [-0.4, -0.2) is 14.5 Å². The van der Waals surface area contributed by atoms with Crippen molar-refractivity contribution in [3.05, 3.63) is 42.0 Å². The summed E-state index contributed by atoms with van der Waals surface area (Å²) in [7, 11) is 0. The number of nitrogens with zero attached hydrogens (tertiary/aromatic N) is 3. The van der Waals surface area contributed by atoms with Crippen LogP contribution in [0.3, 0.4) is 0 Å². The summed E-state index contributed by atoms with van der Waals surface area (Å²) in [6.07, 6.45) is 4.81. The molecule has 5 nitrogen and oxygen atoms in total. The zero-order chi connectivity index (χ0) is 12.8. The number of aromatic nitrogens is 3. The van der Waals surface area contributed by atoms with Crippen molar-refractivity contribution in [3.63, 3.8) is 0 Å². The highest BCUT2D eigenvalue weighted by molar-refractivity contribution is 5.75. The second kappa shape index (κ2) is 3.85. The molecule has 0 radical (unpaired) electrons. The number of hydrogen-bond acceptors (Lipinski definition) is 4. The molecule has 0 saturated carbocycles. The van der Waals surface area contributed by atoms with Crippen LogP contribution in [0.25, 0.3) is 11.1 Å². The molecule has 0 spiro atoms. The topological polar surface area (TPSA) is 55.9 Å². The first-order valence-electron chi connectivity index (χ1n) is 6.43. The predicted octanol–water partition coefficient (Wildman–Crippen LogP) is 2.89. The van der Waals surface area contributed by atoms with Crippen LogP contribution in [0.1, 0.15) is 23.7 Å². The van der Waals surface area contributed by atoms with Gasteiger partial charge in [-0.3, -0.25) is 0 Å². The van der Waals surface area contributed by atoms with E-state index in [-0.39, 0.29) is 6.04 Å². The largest absolute Gasteiger partial charge is 0.424 e. The Labute approximate surface area is 110 Å². The molecule has 96 valence electrons. The maximum absolute atomic E-state index is 5.72. The molecule has 0 fully saturated rings. The van der Waals surface area contributed by atoms with E-state index >= 15 is 0 Å². The number of oxazole rings is 1. The van der Waals surface area contributed by atoms with Crippen molar-refractivity contribution < 1.29 is 4.42 Å². The van der Waals surface area contributed by atoms with Gasteiger partial charge in [0.05, 0.1) is 24.3 Å². The second-order valence-corrected chi connectivity index (χ2v) is 4.99. The third kappa shape index (κ3) is 1.69. The number of hydrogen-bond donors (Lipinski definition) is 1. The molecule has 1 aromatic carbocycles. The molecule has 4 rings (SSSR count). The average molecular weight is 254 g/mol. The third-order valence-electron chi connectivity index (χ3n) is 3.60. The summed E-state index contributed by atoms with van der Waals surface area (Å²) >= 11 is 0. The molecule has 0 aliphatic carbocycles. The van der Waals surface area contributed by atoms with Crippen LogP contribution in [0, 0.1) is 6.92 Å². The van der Waals surface area contributed by atoms with Gasteiger partial charge in [-0.2, -0.15) is 4.98 Å². The van der Waals surface area contributed by atoms with Gasteiger partial charge in [-0.1, -0.05) is 6.07 Å². The van der Waals surface area contributed by atoms with Gasteiger partial charge in [0.15, 0.2) is 5.58 Å². The Morgan fingerprint density at radius 3 is 3.32 bits per heavy atom. The Morgan fingerprint density at radius 2 is 2.37 bits per heavy atom. The van der Waals surface area contributed by atoms with E-state index in [1.54, 1.807) is 0 Å². The summed E-state index contributed by atoms with van der Waals surface area (Å²) in [6, 6.07) is 6.84. The van der Waals surface area contributed by atoms with Gasteiger partial charge in [0.2, 0.25) is 0 Å². The van der Waals surface area contributed by atoms with Crippen molar-refractivity contribution in [2.45, 2.75) is 25.9 Å². The highest BCUT2D eigenvalue weighted by Crippen LogP contribution is 2.29. The van der Waals surface area contributed by atoms with E-state index in [2.05, 4.69) is 26.8 Å². The smallest absolute Gasteiger partial charge is 0.296 e. The van der Waals surface area contributed by atoms with Crippen LogP contribution >= 0.6 is 0 Å². The number of anilines is 1.